The van der Waals surface area contributed by atoms with E-state index in [1.54, 1.807) is 4.90 Å². The highest BCUT2D eigenvalue weighted by atomic mass is 16.2. The topological polar surface area (TPSA) is 69.7 Å². The Balaban J connectivity index is 2.11. The molecule has 2 fully saturated rings. The monoisotopic (exact) mass is 281 g/mol. The highest BCUT2D eigenvalue weighted by molar-refractivity contribution is 6.08. The van der Waals surface area contributed by atoms with Gasteiger partial charge in [0.05, 0.1) is 0 Å². The molecule has 112 valence electrons. The van der Waals surface area contributed by atoms with Gasteiger partial charge in [0.15, 0.2) is 0 Å². The second kappa shape index (κ2) is 5.81. The molecule has 6 heteroatoms. The molecule has 6 nitrogen and oxygen atoms in total. The zero-order valence-corrected chi connectivity index (χ0v) is 12.3. The largest absolute Gasteiger partial charge is 0.341 e. The molecule has 0 aliphatic carbocycles. The Labute approximate surface area is 119 Å². The Morgan fingerprint density at radius 3 is 2.30 bits per heavy atom. The van der Waals surface area contributed by atoms with Crippen molar-refractivity contribution in [2.75, 3.05) is 19.6 Å². The maximum Gasteiger partial charge on any atom is 0.325 e. The smallest absolute Gasteiger partial charge is 0.325 e. The highest BCUT2D eigenvalue weighted by Gasteiger charge is 2.51. The summed E-state index contributed by atoms with van der Waals surface area (Å²) >= 11 is 0. The van der Waals surface area contributed by atoms with Gasteiger partial charge in [-0.3, -0.25) is 14.9 Å². The van der Waals surface area contributed by atoms with Crippen molar-refractivity contribution in [3.05, 3.63) is 0 Å². The minimum atomic E-state index is -0.859. The molecular weight excluding hydrogens is 258 g/mol. The first-order chi connectivity index (χ1) is 9.55. The van der Waals surface area contributed by atoms with Crippen LogP contribution in [0.1, 0.15) is 46.0 Å². The number of imide groups is 1. The number of urea groups is 1. The number of hydrogen-bond acceptors (Lipinski definition) is 3. The van der Waals surface area contributed by atoms with Crippen molar-refractivity contribution in [2.24, 2.45) is 0 Å². The molecule has 0 aromatic carbocycles. The molecule has 2 aliphatic rings. The molecule has 2 aliphatic heterocycles. The predicted octanol–water partition coefficient (Wildman–Crippen LogP) is 1.11. The summed E-state index contributed by atoms with van der Waals surface area (Å²) in [6.45, 7) is 5.26. The van der Waals surface area contributed by atoms with Gasteiger partial charge in [0.25, 0.3) is 5.91 Å². The minimum absolute atomic E-state index is 0.000741. The van der Waals surface area contributed by atoms with Crippen molar-refractivity contribution in [2.45, 2.75) is 51.5 Å². The van der Waals surface area contributed by atoms with E-state index in [0.29, 0.717) is 12.8 Å². The lowest BCUT2D eigenvalue weighted by atomic mass is 9.91. The van der Waals surface area contributed by atoms with E-state index in [1.807, 2.05) is 13.8 Å². The molecule has 0 unspecified atom stereocenters. The normalized spacial score (nSPS) is 22.1. The zero-order valence-electron chi connectivity index (χ0n) is 12.3. The van der Waals surface area contributed by atoms with E-state index in [9.17, 15) is 14.4 Å². The summed E-state index contributed by atoms with van der Waals surface area (Å²) < 4.78 is 0. The van der Waals surface area contributed by atoms with E-state index in [4.69, 9.17) is 0 Å². The first-order valence-corrected chi connectivity index (χ1v) is 7.46. The summed E-state index contributed by atoms with van der Waals surface area (Å²) in [7, 11) is 0. The van der Waals surface area contributed by atoms with Crippen LogP contribution in [0.25, 0.3) is 0 Å². The summed E-state index contributed by atoms with van der Waals surface area (Å²) in [6.07, 6.45) is 4.23. The summed E-state index contributed by atoms with van der Waals surface area (Å²) in [4.78, 5) is 39.5. The van der Waals surface area contributed by atoms with Crippen LogP contribution in [0.5, 0.6) is 0 Å². The molecule has 0 aromatic heterocycles. The number of piperidine rings is 1. The average Bonchev–Trinajstić information content (AvgIpc) is 2.71. The highest BCUT2D eigenvalue weighted by Crippen LogP contribution is 2.29. The van der Waals surface area contributed by atoms with Crippen LogP contribution in [0.4, 0.5) is 4.79 Å². The van der Waals surface area contributed by atoms with Crippen LogP contribution < -0.4 is 5.32 Å². The van der Waals surface area contributed by atoms with E-state index >= 15 is 0 Å². The molecule has 2 heterocycles. The maximum absolute atomic E-state index is 12.3. The van der Waals surface area contributed by atoms with Gasteiger partial charge < -0.3 is 9.80 Å². The minimum Gasteiger partial charge on any atom is -0.341 e. The number of likely N-dealkylation sites (tertiary alicyclic amines) is 1. The molecule has 2 saturated heterocycles. The predicted molar refractivity (Wildman–Crippen MR) is 74.0 cm³/mol. The van der Waals surface area contributed by atoms with Crippen molar-refractivity contribution >= 4 is 17.8 Å². The molecule has 0 radical (unpaired) electrons. The number of amides is 4. The van der Waals surface area contributed by atoms with E-state index in [-0.39, 0.29) is 18.4 Å². The fourth-order valence-electron chi connectivity index (χ4n) is 3.15. The number of hydrogen-bond donors (Lipinski definition) is 1. The van der Waals surface area contributed by atoms with E-state index in [2.05, 4.69) is 5.32 Å². The van der Waals surface area contributed by atoms with Gasteiger partial charge in [-0.05, 0) is 32.1 Å². The zero-order chi connectivity index (χ0) is 14.8. The van der Waals surface area contributed by atoms with Crippen LogP contribution in [0.3, 0.4) is 0 Å². The number of carbonyl (C=O) groups is 3. The van der Waals surface area contributed by atoms with Gasteiger partial charge in [-0.25, -0.2) is 4.79 Å². The van der Waals surface area contributed by atoms with Gasteiger partial charge in [0, 0.05) is 13.1 Å². The summed E-state index contributed by atoms with van der Waals surface area (Å²) in [5, 5.41) is 2.35. The van der Waals surface area contributed by atoms with Crippen LogP contribution in [-0.2, 0) is 9.59 Å². The number of carbonyl (C=O) groups excluding carboxylic acids is 3. The van der Waals surface area contributed by atoms with Gasteiger partial charge in [-0.15, -0.1) is 0 Å². The van der Waals surface area contributed by atoms with Gasteiger partial charge in [0.1, 0.15) is 12.1 Å². The molecule has 20 heavy (non-hydrogen) atoms. The van der Waals surface area contributed by atoms with E-state index in [1.165, 1.54) is 4.90 Å². The Morgan fingerprint density at radius 2 is 1.75 bits per heavy atom. The van der Waals surface area contributed by atoms with Crippen molar-refractivity contribution < 1.29 is 14.4 Å². The average molecular weight is 281 g/mol. The van der Waals surface area contributed by atoms with Gasteiger partial charge in [0.2, 0.25) is 5.91 Å². The lowest BCUT2D eigenvalue weighted by molar-refractivity contribution is -0.135. The summed E-state index contributed by atoms with van der Waals surface area (Å²) in [5.41, 5.74) is -0.859. The standard InChI is InChI=1S/C14H23N3O3/c1-3-14(4-2)12(19)15-13(20)17(14)10-11(18)16-8-6-5-7-9-16/h3-10H2,1-2H3,(H,15,19,20). The van der Waals surface area contributed by atoms with E-state index in [0.717, 1.165) is 32.4 Å². The summed E-state index contributed by atoms with van der Waals surface area (Å²) in [6, 6.07) is -0.441. The number of nitrogens with zero attached hydrogens (tertiary/aromatic N) is 2. The van der Waals surface area contributed by atoms with Crippen molar-refractivity contribution in [3.8, 4) is 0 Å². The van der Waals surface area contributed by atoms with Crippen molar-refractivity contribution in [1.29, 1.82) is 0 Å². The Kier molecular flexibility index (Phi) is 4.30. The fourth-order valence-corrected chi connectivity index (χ4v) is 3.15. The third kappa shape index (κ3) is 2.39. The Morgan fingerprint density at radius 1 is 1.15 bits per heavy atom. The molecule has 0 atom stereocenters. The molecule has 0 saturated carbocycles. The van der Waals surface area contributed by atoms with Gasteiger partial charge >= 0.3 is 6.03 Å². The first-order valence-electron chi connectivity index (χ1n) is 7.46. The molecule has 0 aromatic rings. The lowest BCUT2D eigenvalue weighted by Crippen LogP contribution is -2.53. The SMILES string of the molecule is CCC1(CC)C(=O)NC(=O)N1CC(=O)N1CCCCC1. The second-order valence-corrected chi connectivity index (χ2v) is 5.53. The third-order valence-electron chi connectivity index (χ3n) is 4.58. The third-order valence-corrected chi connectivity index (χ3v) is 4.58. The maximum atomic E-state index is 12.3. The lowest BCUT2D eigenvalue weighted by Gasteiger charge is -2.35. The van der Waals surface area contributed by atoms with Crippen molar-refractivity contribution in [3.63, 3.8) is 0 Å². The molecule has 1 N–H and O–H groups in total. The second-order valence-electron chi connectivity index (χ2n) is 5.53. The summed E-state index contributed by atoms with van der Waals surface area (Å²) in [5.74, 6) is -0.334. The molecule has 0 spiro atoms. The molecule has 4 amide bonds. The van der Waals surface area contributed by atoms with Gasteiger partial charge in [-0.2, -0.15) is 0 Å². The van der Waals surface area contributed by atoms with Crippen LogP contribution in [0, 0.1) is 0 Å². The Hall–Kier alpha value is -1.59. The van der Waals surface area contributed by atoms with Crippen LogP contribution in [-0.4, -0.2) is 52.8 Å². The molecule has 0 bridgehead atoms. The fraction of sp³-hybridized carbons (Fsp3) is 0.786. The van der Waals surface area contributed by atoms with Crippen LogP contribution in [0.2, 0.25) is 0 Å². The molecule has 2 rings (SSSR count). The molecular formula is C14H23N3O3. The quantitative estimate of drug-likeness (QED) is 0.785. The number of nitrogens with one attached hydrogen (secondary N) is 1. The van der Waals surface area contributed by atoms with E-state index < -0.39 is 11.6 Å². The Bertz CT molecular complexity index is 412. The van der Waals surface area contributed by atoms with Gasteiger partial charge in [-0.1, -0.05) is 13.8 Å². The number of rotatable bonds is 4. The van der Waals surface area contributed by atoms with Crippen molar-refractivity contribution in [1.82, 2.24) is 15.1 Å². The first kappa shape index (κ1) is 14.8. The van der Waals surface area contributed by atoms with Crippen LogP contribution >= 0.6 is 0 Å². The van der Waals surface area contributed by atoms with Crippen LogP contribution in [0.15, 0.2) is 0 Å².